The Bertz CT molecular complexity index is 179. The van der Waals surface area contributed by atoms with Crippen molar-refractivity contribution in [1.82, 2.24) is 5.32 Å². The summed E-state index contributed by atoms with van der Waals surface area (Å²) in [5, 5.41) is 11.2. The molecule has 0 bridgehead atoms. The van der Waals surface area contributed by atoms with Crippen molar-refractivity contribution in [3.63, 3.8) is 0 Å². The van der Waals surface area contributed by atoms with E-state index in [4.69, 9.17) is 10.8 Å². The molecule has 0 aliphatic carbocycles. The summed E-state index contributed by atoms with van der Waals surface area (Å²) in [6, 6.07) is -0.711. The number of aliphatic carboxylic acids is 1. The van der Waals surface area contributed by atoms with Gasteiger partial charge in [-0.1, -0.05) is 13.8 Å². The average molecular weight is 174 g/mol. The van der Waals surface area contributed by atoms with E-state index in [1.54, 1.807) is 13.8 Å². The van der Waals surface area contributed by atoms with Crippen LogP contribution in [0.2, 0.25) is 0 Å². The van der Waals surface area contributed by atoms with Gasteiger partial charge in [0.1, 0.15) is 6.04 Å². The lowest BCUT2D eigenvalue weighted by Crippen LogP contribution is -2.44. The Morgan fingerprint density at radius 1 is 1.50 bits per heavy atom. The molecule has 4 N–H and O–H groups in total. The monoisotopic (exact) mass is 174 g/mol. The van der Waals surface area contributed by atoms with Gasteiger partial charge in [0, 0.05) is 0 Å². The number of amides is 1. The molecule has 1 amide bonds. The maximum absolute atomic E-state index is 10.5. The van der Waals surface area contributed by atoms with Crippen LogP contribution >= 0.6 is 0 Å². The van der Waals surface area contributed by atoms with Crippen molar-refractivity contribution in [2.24, 2.45) is 11.7 Å². The average Bonchev–Trinajstić information content (AvgIpc) is 1.84. The second-order valence-corrected chi connectivity index (χ2v) is 2.91. The molecule has 0 aliphatic rings. The molecule has 1 atom stereocenters. The van der Waals surface area contributed by atoms with E-state index in [1.165, 1.54) is 0 Å². The number of nitrogens with two attached hydrogens (primary N) is 1. The Morgan fingerprint density at radius 3 is 2.25 bits per heavy atom. The first-order valence-electron chi connectivity index (χ1n) is 3.69. The number of hydrogen-bond acceptors (Lipinski definition) is 3. The number of rotatable bonds is 5. The molecule has 0 aliphatic heterocycles. The molecule has 12 heavy (non-hydrogen) atoms. The lowest BCUT2D eigenvalue weighted by atomic mass is 10.1. The summed E-state index contributed by atoms with van der Waals surface area (Å²) >= 11 is 0. The summed E-state index contributed by atoms with van der Waals surface area (Å²) < 4.78 is 0. The molecule has 0 aromatic carbocycles. The Balaban J connectivity index is 3.97. The molecule has 5 nitrogen and oxygen atoms in total. The number of primary amides is 1. The highest BCUT2D eigenvalue weighted by molar-refractivity contribution is 5.78. The standard InChI is InChI=1S/C7H14N2O3/c1-4(2)6(7(11)12)9-3-5(8)10/h4,6,9H,3H2,1-2H3,(H2,8,10)(H,11,12). The third-order valence-electron chi connectivity index (χ3n) is 1.43. The predicted molar refractivity (Wildman–Crippen MR) is 43.5 cm³/mol. The van der Waals surface area contributed by atoms with Crippen LogP contribution in [-0.2, 0) is 9.59 Å². The highest BCUT2D eigenvalue weighted by Crippen LogP contribution is 2.00. The third kappa shape index (κ3) is 3.92. The normalized spacial score (nSPS) is 12.9. The van der Waals surface area contributed by atoms with Crippen molar-refractivity contribution in [3.8, 4) is 0 Å². The van der Waals surface area contributed by atoms with E-state index in [1.807, 2.05) is 0 Å². The van der Waals surface area contributed by atoms with Crippen LogP contribution in [0.5, 0.6) is 0 Å². The number of carbonyl (C=O) groups excluding carboxylic acids is 1. The lowest BCUT2D eigenvalue weighted by Gasteiger charge is -2.16. The van der Waals surface area contributed by atoms with E-state index in [-0.39, 0.29) is 12.5 Å². The van der Waals surface area contributed by atoms with Crippen molar-refractivity contribution in [3.05, 3.63) is 0 Å². The quantitative estimate of drug-likeness (QED) is 0.507. The second kappa shape index (κ2) is 4.71. The zero-order valence-corrected chi connectivity index (χ0v) is 7.20. The molecule has 0 saturated heterocycles. The number of carbonyl (C=O) groups is 2. The van der Waals surface area contributed by atoms with Crippen LogP contribution in [0.3, 0.4) is 0 Å². The summed E-state index contributed by atoms with van der Waals surface area (Å²) in [5.74, 6) is -1.59. The van der Waals surface area contributed by atoms with Gasteiger partial charge in [-0.25, -0.2) is 0 Å². The first-order valence-corrected chi connectivity index (χ1v) is 3.69. The van der Waals surface area contributed by atoms with Crippen LogP contribution in [0, 0.1) is 5.92 Å². The highest BCUT2D eigenvalue weighted by Gasteiger charge is 2.20. The number of hydrogen-bond donors (Lipinski definition) is 3. The largest absolute Gasteiger partial charge is 0.480 e. The van der Waals surface area contributed by atoms with Crippen molar-refractivity contribution < 1.29 is 14.7 Å². The highest BCUT2D eigenvalue weighted by atomic mass is 16.4. The topological polar surface area (TPSA) is 92.4 Å². The van der Waals surface area contributed by atoms with E-state index in [9.17, 15) is 9.59 Å². The van der Waals surface area contributed by atoms with Crippen molar-refractivity contribution >= 4 is 11.9 Å². The van der Waals surface area contributed by atoms with Gasteiger partial charge in [-0.3, -0.25) is 14.9 Å². The van der Waals surface area contributed by atoms with Crippen LogP contribution in [0.15, 0.2) is 0 Å². The minimum Gasteiger partial charge on any atom is -0.480 e. The lowest BCUT2D eigenvalue weighted by molar-refractivity contribution is -0.140. The summed E-state index contributed by atoms with van der Waals surface area (Å²) in [4.78, 5) is 20.9. The van der Waals surface area contributed by atoms with E-state index >= 15 is 0 Å². The summed E-state index contributed by atoms with van der Waals surface area (Å²) in [7, 11) is 0. The predicted octanol–water partition coefficient (Wildman–Crippen LogP) is -0.829. The maximum atomic E-state index is 10.5. The van der Waals surface area contributed by atoms with Gasteiger partial charge in [0.25, 0.3) is 0 Å². The van der Waals surface area contributed by atoms with Gasteiger partial charge in [0.2, 0.25) is 5.91 Å². The first kappa shape index (κ1) is 10.9. The molecule has 0 spiro atoms. The molecule has 0 rings (SSSR count). The molecular weight excluding hydrogens is 160 g/mol. The summed E-state index contributed by atoms with van der Waals surface area (Å²) in [6.45, 7) is 3.41. The van der Waals surface area contributed by atoms with Gasteiger partial charge in [-0.15, -0.1) is 0 Å². The van der Waals surface area contributed by atoms with Gasteiger partial charge in [0.05, 0.1) is 6.54 Å². The molecule has 1 unspecified atom stereocenters. The Hall–Kier alpha value is -1.10. The van der Waals surface area contributed by atoms with Gasteiger partial charge in [0.15, 0.2) is 0 Å². The Morgan fingerprint density at radius 2 is 2.00 bits per heavy atom. The maximum Gasteiger partial charge on any atom is 0.320 e. The number of carboxylic acid groups (broad SMARTS) is 1. The molecule has 0 heterocycles. The molecule has 0 radical (unpaired) electrons. The zero-order valence-electron chi connectivity index (χ0n) is 7.20. The SMILES string of the molecule is CC(C)C(NCC(N)=O)C(=O)O. The second-order valence-electron chi connectivity index (χ2n) is 2.91. The molecule has 70 valence electrons. The molecule has 0 saturated carbocycles. The molecule has 5 heteroatoms. The first-order chi connectivity index (χ1) is 5.45. The number of nitrogens with one attached hydrogen (secondary N) is 1. The van der Waals surface area contributed by atoms with Crippen LogP contribution in [0.1, 0.15) is 13.8 Å². The molecular formula is C7H14N2O3. The summed E-state index contributed by atoms with van der Waals surface area (Å²) in [5.41, 5.74) is 4.85. The molecule has 0 aromatic rings. The van der Waals surface area contributed by atoms with Gasteiger partial charge in [-0.05, 0) is 5.92 Å². The van der Waals surface area contributed by atoms with E-state index in [0.29, 0.717) is 0 Å². The van der Waals surface area contributed by atoms with Crippen LogP contribution < -0.4 is 11.1 Å². The molecule has 0 aromatic heterocycles. The van der Waals surface area contributed by atoms with E-state index in [2.05, 4.69) is 5.32 Å². The van der Waals surface area contributed by atoms with Crippen molar-refractivity contribution in [1.29, 1.82) is 0 Å². The summed E-state index contributed by atoms with van der Waals surface area (Å²) in [6.07, 6.45) is 0. The van der Waals surface area contributed by atoms with Gasteiger partial charge in [-0.2, -0.15) is 0 Å². The minimum absolute atomic E-state index is 0.0677. The number of carboxylic acids is 1. The van der Waals surface area contributed by atoms with Crippen molar-refractivity contribution in [2.45, 2.75) is 19.9 Å². The third-order valence-corrected chi connectivity index (χ3v) is 1.43. The van der Waals surface area contributed by atoms with Crippen LogP contribution in [0.25, 0.3) is 0 Å². The van der Waals surface area contributed by atoms with E-state index in [0.717, 1.165) is 0 Å². The smallest absolute Gasteiger partial charge is 0.320 e. The van der Waals surface area contributed by atoms with Gasteiger partial charge < -0.3 is 10.8 Å². The fraction of sp³-hybridized carbons (Fsp3) is 0.714. The van der Waals surface area contributed by atoms with Crippen LogP contribution in [-0.4, -0.2) is 29.6 Å². The van der Waals surface area contributed by atoms with Gasteiger partial charge >= 0.3 is 5.97 Å². The minimum atomic E-state index is -0.966. The fourth-order valence-electron chi connectivity index (χ4n) is 0.819. The van der Waals surface area contributed by atoms with Crippen molar-refractivity contribution in [2.75, 3.05) is 6.54 Å². The Kier molecular flexibility index (Phi) is 4.28. The zero-order chi connectivity index (χ0) is 9.72. The van der Waals surface area contributed by atoms with Crippen LogP contribution in [0.4, 0.5) is 0 Å². The van der Waals surface area contributed by atoms with E-state index < -0.39 is 17.9 Å². The molecule has 0 fully saturated rings. The fourth-order valence-corrected chi connectivity index (χ4v) is 0.819. The Labute approximate surface area is 70.9 Å².